The van der Waals surface area contributed by atoms with E-state index in [1.165, 1.54) is 53.9 Å². The number of hydrogen-bond acceptors (Lipinski definition) is 1. The van der Waals surface area contributed by atoms with Crippen molar-refractivity contribution in [3.8, 4) is 0 Å². The Morgan fingerprint density at radius 2 is 0.865 bits per heavy atom. The van der Waals surface area contributed by atoms with E-state index in [1.807, 2.05) is 37.0 Å². The normalized spacial score (nSPS) is 13.9. The van der Waals surface area contributed by atoms with Crippen LogP contribution in [0.1, 0.15) is 0 Å². The van der Waals surface area contributed by atoms with Gasteiger partial charge in [0.15, 0.2) is 0 Å². The summed E-state index contributed by atoms with van der Waals surface area (Å²) in [6.07, 6.45) is 0. The summed E-state index contributed by atoms with van der Waals surface area (Å²) < 4.78 is 14.4. The predicted molar refractivity (Wildman–Crippen MR) is 162 cm³/mol. The molecule has 0 aliphatic heterocycles. The van der Waals surface area contributed by atoms with Gasteiger partial charge in [-0.15, -0.1) is 0 Å². The Hall–Kier alpha value is -4.19. The van der Waals surface area contributed by atoms with Crippen LogP contribution in [0, 0.1) is 0 Å². The third kappa shape index (κ3) is 2.84. The third-order valence-corrected chi connectivity index (χ3v) is 10.7. The molecule has 0 saturated carbocycles. The minimum Gasteiger partial charge on any atom is -0.314 e. The van der Waals surface area contributed by atoms with E-state index in [0.717, 1.165) is 21.4 Å². The van der Waals surface area contributed by atoms with E-state index in [-0.39, 0.29) is 0 Å². The number of rotatable bonds is 2. The largest absolute Gasteiger partial charge is 0.314 e. The zero-order valence-corrected chi connectivity index (χ0v) is 21.3. The van der Waals surface area contributed by atoms with Crippen molar-refractivity contribution >= 4 is 82.4 Å². The fraction of sp³-hybridized carbons (Fsp3) is 0.0286. The molecule has 0 fully saturated rings. The highest BCUT2D eigenvalue weighted by atomic mass is 31.2. The standard InChI is InChI=1S/C35H23OP/c1-37(36,26-11-3-2-4-12-26)27-20-25-19-18-24-9-6-14-29-28-13-5-8-22-16-17-23-10-7-15-30(34(23)32(22)28)31(21-27)35(25)33(24)29/h2-21H,1H3. The lowest BCUT2D eigenvalue weighted by molar-refractivity contribution is 0.590. The number of hydrogen-bond donors (Lipinski definition) is 0. The van der Waals surface area contributed by atoms with E-state index in [2.05, 4.69) is 91.0 Å². The molecule has 0 N–H and O–H groups in total. The second kappa shape index (κ2) is 7.42. The monoisotopic (exact) mass is 490 g/mol. The molecule has 8 aromatic rings. The predicted octanol–water partition coefficient (Wildman–Crippen LogP) is 8.99. The molecule has 0 spiro atoms. The van der Waals surface area contributed by atoms with Gasteiger partial charge >= 0.3 is 0 Å². The van der Waals surface area contributed by atoms with Crippen molar-refractivity contribution in [3.63, 3.8) is 0 Å². The van der Waals surface area contributed by atoms with E-state index in [9.17, 15) is 4.57 Å². The first-order chi connectivity index (χ1) is 18.1. The highest BCUT2D eigenvalue weighted by Gasteiger charge is 2.23. The van der Waals surface area contributed by atoms with Gasteiger partial charge in [-0.25, -0.2) is 0 Å². The van der Waals surface area contributed by atoms with Gasteiger partial charge in [0, 0.05) is 10.6 Å². The van der Waals surface area contributed by atoms with Crippen molar-refractivity contribution in [2.75, 3.05) is 6.66 Å². The molecule has 37 heavy (non-hydrogen) atoms. The van der Waals surface area contributed by atoms with Gasteiger partial charge in [-0.05, 0) is 83.4 Å². The first-order valence-corrected chi connectivity index (χ1v) is 14.8. The highest BCUT2D eigenvalue weighted by molar-refractivity contribution is 7.78. The maximum Gasteiger partial charge on any atom is 0.140 e. The summed E-state index contributed by atoms with van der Waals surface area (Å²) in [5, 5.41) is 16.6. The fourth-order valence-electron chi connectivity index (χ4n) is 6.38. The van der Waals surface area contributed by atoms with Gasteiger partial charge in [0.05, 0.1) is 0 Å². The molecule has 0 aliphatic carbocycles. The molecule has 0 aliphatic rings. The average Bonchev–Trinajstić information content (AvgIpc) is 2.95. The number of fused-ring (bicyclic) bond motifs is 2. The minimum atomic E-state index is -2.81. The third-order valence-electron chi connectivity index (χ3n) is 8.15. The molecule has 0 aromatic heterocycles. The van der Waals surface area contributed by atoms with Gasteiger partial charge in [-0.2, -0.15) is 0 Å². The second-order valence-corrected chi connectivity index (χ2v) is 13.1. The molecule has 0 amide bonds. The Morgan fingerprint density at radius 3 is 1.41 bits per heavy atom. The lowest BCUT2D eigenvalue weighted by atomic mass is 9.88. The summed E-state index contributed by atoms with van der Waals surface area (Å²) in [6, 6.07) is 43.1. The molecule has 8 aromatic carbocycles. The molecule has 0 radical (unpaired) electrons. The molecule has 1 nitrogen and oxygen atoms in total. The molecule has 8 rings (SSSR count). The lowest BCUT2D eigenvalue weighted by Crippen LogP contribution is -2.15. The molecular formula is C35H23OP. The SMILES string of the molecule is CP(=O)(c1ccccc1)c1cc2ccc3cccc4c5cccc6ccc7cccc(c(c1)c2c34)c7c65. The highest BCUT2D eigenvalue weighted by Crippen LogP contribution is 2.45. The number of benzene rings is 7. The maximum absolute atomic E-state index is 14.4. The summed E-state index contributed by atoms with van der Waals surface area (Å²) in [7, 11) is -2.81. The molecule has 0 saturated heterocycles. The molecule has 174 valence electrons. The van der Waals surface area contributed by atoms with Gasteiger partial charge in [0.1, 0.15) is 7.14 Å². The zero-order chi connectivity index (χ0) is 24.7. The van der Waals surface area contributed by atoms with E-state index in [4.69, 9.17) is 0 Å². The second-order valence-electron chi connectivity index (χ2n) is 10.2. The Balaban J connectivity index is 1.71. The molecule has 2 heteroatoms. The van der Waals surface area contributed by atoms with Crippen LogP contribution in [0.15, 0.2) is 121 Å². The van der Waals surface area contributed by atoms with Crippen LogP contribution in [0.2, 0.25) is 0 Å². The average molecular weight is 491 g/mol. The summed E-state index contributed by atoms with van der Waals surface area (Å²) >= 11 is 0. The molecule has 0 heterocycles. The maximum atomic E-state index is 14.4. The topological polar surface area (TPSA) is 17.1 Å². The first kappa shape index (κ1) is 20.9. The van der Waals surface area contributed by atoms with Crippen molar-refractivity contribution in [3.05, 3.63) is 121 Å². The van der Waals surface area contributed by atoms with Crippen LogP contribution in [0.5, 0.6) is 0 Å². The Bertz CT molecular complexity index is 2220. The fourth-order valence-corrected chi connectivity index (χ4v) is 8.18. The Labute approximate surface area is 214 Å². The van der Waals surface area contributed by atoms with Crippen LogP contribution in [-0.4, -0.2) is 6.66 Å². The van der Waals surface area contributed by atoms with Crippen LogP contribution >= 0.6 is 7.14 Å². The van der Waals surface area contributed by atoms with Crippen molar-refractivity contribution in [2.24, 2.45) is 0 Å². The van der Waals surface area contributed by atoms with E-state index >= 15 is 0 Å². The van der Waals surface area contributed by atoms with Gasteiger partial charge < -0.3 is 4.57 Å². The van der Waals surface area contributed by atoms with Crippen molar-refractivity contribution in [1.29, 1.82) is 0 Å². The smallest absolute Gasteiger partial charge is 0.140 e. The molecular weight excluding hydrogens is 467 g/mol. The minimum absolute atomic E-state index is 0.888. The van der Waals surface area contributed by atoms with E-state index < -0.39 is 7.14 Å². The van der Waals surface area contributed by atoms with Crippen molar-refractivity contribution in [1.82, 2.24) is 0 Å². The molecule has 1 atom stereocenters. The van der Waals surface area contributed by atoms with Crippen LogP contribution in [0.4, 0.5) is 0 Å². The quantitative estimate of drug-likeness (QED) is 0.175. The first-order valence-electron chi connectivity index (χ1n) is 12.7. The van der Waals surface area contributed by atoms with Crippen LogP contribution < -0.4 is 10.6 Å². The lowest BCUT2D eigenvalue weighted by Gasteiger charge is -2.19. The summed E-state index contributed by atoms with van der Waals surface area (Å²) in [4.78, 5) is 0. The summed E-state index contributed by atoms with van der Waals surface area (Å²) in [5.74, 6) is 0. The van der Waals surface area contributed by atoms with Crippen molar-refractivity contribution in [2.45, 2.75) is 0 Å². The Kier molecular flexibility index (Phi) is 4.20. The summed E-state index contributed by atoms with van der Waals surface area (Å²) in [6.45, 7) is 1.90. The van der Waals surface area contributed by atoms with Gasteiger partial charge in [-0.3, -0.25) is 0 Å². The van der Waals surface area contributed by atoms with Gasteiger partial charge in [0.25, 0.3) is 0 Å². The zero-order valence-electron chi connectivity index (χ0n) is 20.4. The van der Waals surface area contributed by atoms with E-state index in [0.29, 0.717) is 0 Å². The van der Waals surface area contributed by atoms with Gasteiger partial charge in [-0.1, -0.05) is 109 Å². The van der Waals surface area contributed by atoms with Crippen molar-refractivity contribution < 1.29 is 4.57 Å². The van der Waals surface area contributed by atoms with E-state index in [1.54, 1.807) is 0 Å². The molecule has 0 bridgehead atoms. The van der Waals surface area contributed by atoms with Crippen LogP contribution in [0.25, 0.3) is 64.6 Å². The Morgan fingerprint density at radius 1 is 0.405 bits per heavy atom. The van der Waals surface area contributed by atoms with Gasteiger partial charge in [0.2, 0.25) is 0 Å². The van der Waals surface area contributed by atoms with Crippen LogP contribution in [0.3, 0.4) is 0 Å². The van der Waals surface area contributed by atoms with Crippen LogP contribution in [-0.2, 0) is 4.57 Å². The molecule has 1 unspecified atom stereocenters. The summed E-state index contributed by atoms with van der Waals surface area (Å²) in [5.41, 5.74) is 0.